The van der Waals surface area contributed by atoms with Gasteiger partial charge in [-0.1, -0.05) is 18.7 Å². The molecule has 2 aliphatic rings. The van der Waals surface area contributed by atoms with Crippen LogP contribution < -0.4 is 15.4 Å². The van der Waals surface area contributed by atoms with Gasteiger partial charge in [0.1, 0.15) is 11.3 Å². The smallest absolute Gasteiger partial charge is 0.352 e. The van der Waals surface area contributed by atoms with Crippen LogP contribution in [0.2, 0.25) is 0 Å². The fourth-order valence-corrected chi connectivity index (χ4v) is 6.07. The molecule has 5 rings (SSSR count). The number of carbonyl (C=O) groups is 2. The molecular formula is C31H34F3N9O3. The van der Waals surface area contributed by atoms with Crippen LogP contribution in [0.1, 0.15) is 31.4 Å². The first-order chi connectivity index (χ1) is 21.9. The minimum atomic E-state index is -4.75. The van der Waals surface area contributed by atoms with Crippen LogP contribution in [0, 0.1) is 24.2 Å². The minimum absolute atomic E-state index is 0.00435. The molecule has 0 spiro atoms. The average Bonchev–Trinajstić information content (AvgIpc) is 3.00. The van der Waals surface area contributed by atoms with E-state index in [0.29, 0.717) is 36.7 Å². The highest BCUT2D eigenvalue weighted by molar-refractivity contribution is 5.91. The maximum Gasteiger partial charge on any atom is 0.418 e. The van der Waals surface area contributed by atoms with Gasteiger partial charge >= 0.3 is 6.18 Å². The van der Waals surface area contributed by atoms with Crippen molar-refractivity contribution < 1.29 is 22.8 Å². The summed E-state index contributed by atoms with van der Waals surface area (Å²) in [6.45, 7) is 11.1. The van der Waals surface area contributed by atoms with Gasteiger partial charge in [0.05, 0.1) is 47.3 Å². The van der Waals surface area contributed by atoms with Crippen LogP contribution in [0.5, 0.6) is 0 Å². The molecule has 0 unspecified atom stereocenters. The number of alkyl halides is 3. The van der Waals surface area contributed by atoms with Crippen molar-refractivity contribution in [3.63, 3.8) is 0 Å². The van der Waals surface area contributed by atoms with E-state index < -0.39 is 29.0 Å². The van der Waals surface area contributed by atoms with Crippen LogP contribution in [-0.2, 0) is 15.8 Å². The Labute approximate surface area is 263 Å². The Kier molecular flexibility index (Phi) is 9.00. The lowest BCUT2D eigenvalue weighted by atomic mass is 9.99. The van der Waals surface area contributed by atoms with E-state index in [9.17, 15) is 32.8 Å². The highest BCUT2D eigenvalue weighted by Gasteiger charge is 2.39. The largest absolute Gasteiger partial charge is 0.418 e. The average molecular weight is 638 g/mol. The molecule has 1 atom stereocenters. The number of hydrogen-bond donors (Lipinski definition) is 0. The van der Waals surface area contributed by atoms with Crippen molar-refractivity contribution in [1.82, 2.24) is 29.5 Å². The van der Waals surface area contributed by atoms with Gasteiger partial charge < -0.3 is 19.6 Å². The molecule has 4 heterocycles. The summed E-state index contributed by atoms with van der Waals surface area (Å²) >= 11 is 0. The zero-order valence-electron chi connectivity index (χ0n) is 25.8. The standard InChI is InChI=1S/C31H34F3N9O3/c1-5-24(44)42-14-13-40(18-21(42)11-12-35)27-22-15-36-43(23-10-8-9-19(4)25(23)31(32,33)34)29(46)26(22)37-30(38-27)41-16-20(17-41)28(45)39(6-2)7-3/h5,8-10,15,20-21H,1,6-7,11,13-14,16-18H2,2-4H3/t21-/m0/s1. The van der Waals surface area contributed by atoms with Crippen LogP contribution >= 0.6 is 0 Å². The van der Waals surface area contributed by atoms with Crippen LogP contribution in [-0.4, -0.2) is 93.2 Å². The summed E-state index contributed by atoms with van der Waals surface area (Å²) in [4.78, 5) is 55.5. The number of piperazine rings is 1. The molecule has 0 radical (unpaired) electrons. The molecular weight excluding hydrogens is 603 g/mol. The number of nitriles is 1. The number of fused-ring (bicyclic) bond motifs is 1. The van der Waals surface area contributed by atoms with Crippen molar-refractivity contribution in [2.75, 3.05) is 55.6 Å². The van der Waals surface area contributed by atoms with Gasteiger partial charge in [0.25, 0.3) is 5.56 Å². The number of carbonyl (C=O) groups excluding carboxylic acids is 2. The summed E-state index contributed by atoms with van der Waals surface area (Å²) in [5.41, 5.74) is -2.50. The lowest BCUT2D eigenvalue weighted by Crippen LogP contribution is -2.56. The van der Waals surface area contributed by atoms with E-state index in [2.05, 4.69) is 22.7 Å². The molecule has 15 heteroatoms. The predicted octanol–water partition coefficient (Wildman–Crippen LogP) is 2.92. The number of amides is 2. The van der Waals surface area contributed by atoms with E-state index in [1.165, 1.54) is 37.4 Å². The molecule has 2 aromatic heterocycles. The summed E-state index contributed by atoms with van der Waals surface area (Å²) in [6, 6.07) is 5.51. The summed E-state index contributed by atoms with van der Waals surface area (Å²) in [6.07, 6.45) is -2.26. The van der Waals surface area contributed by atoms with Crippen molar-refractivity contribution in [3.05, 3.63) is 58.5 Å². The van der Waals surface area contributed by atoms with Crippen molar-refractivity contribution >= 4 is 34.5 Å². The van der Waals surface area contributed by atoms with E-state index in [4.69, 9.17) is 4.98 Å². The maximum atomic E-state index is 14.1. The first kappa shape index (κ1) is 32.4. The van der Waals surface area contributed by atoms with E-state index in [1.54, 1.807) is 14.7 Å². The van der Waals surface area contributed by atoms with E-state index >= 15 is 0 Å². The molecule has 2 fully saturated rings. The lowest BCUT2D eigenvalue weighted by molar-refractivity contribution is -0.138. The quantitative estimate of drug-likeness (QED) is 0.342. The van der Waals surface area contributed by atoms with Crippen molar-refractivity contribution in [2.24, 2.45) is 5.92 Å². The van der Waals surface area contributed by atoms with Crippen molar-refractivity contribution in [1.29, 1.82) is 5.26 Å². The van der Waals surface area contributed by atoms with Crippen LogP contribution in [0.15, 0.2) is 41.8 Å². The van der Waals surface area contributed by atoms with Gasteiger partial charge in [-0.25, -0.2) is 4.98 Å². The molecule has 2 saturated heterocycles. The number of hydrogen-bond acceptors (Lipinski definition) is 9. The Morgan fingerprint density at radius 2 is 1.85 bits per heavy atom. The third-order valence-electron chi connectivity index (χ3n) is 8.53. The number of aryl methyl sites for hydroxylation is 1. The highest BCUT2D eigenvalue weighted by atomic mass is 19.4. The fraction of sp³-hybridized carbons (Fsp3) is 0.452. The molecule has 2 aliphatic heterocycles. The Morgan fingerprint density at radius 3 is 2.48 bits per heavy atom. The molecule has 0 saturated carbocycles. The van der Waals surface area contributed by atoms with Gasteiger partial charge in [0, 0.05) is 45.8 Å². The Hall–Kier alpha value is -5.00. The second-order valence-corrected chi connectivity index (χ2v) is 11.2. The summed E-state index contributed by atoms with van der Waals surface area (Å²) in [7, 11) is 0. The van der Waals surface area contributed by atoms with Crippen molar-refractivity contribution in [2.45, 2.75) is 39.4 Å². The second kappa shape index (κ2) is 12.8. The van der Waals surface area contributed by atoms with Gasteiger partial charge in [-0.15, -0.1) is 0 Å². The predicted molar refractivity (Wildman–Crippen MR) is 164 cm³/mol. The van der Waals surface area contributed by atoms with Gasteiger partial charge in [-0.2, -0.15) is 33.2 Å². The number of aromatic nitrogens is 4. The first-order valence-electron chi connectivity index (χ1n) is 15.0. The SMILES string of the molecule is C=CC(=O)N1CCN(c2nc(N3CC(C(=O)N(CC)CC)C3)nc3c(=O)n(-c4cccc(C)c4C(F)(F)F)ncc23)C[C@@H]1CC#N. The number of anilines is 2. The summed E-state index contributed by atoms with van der Waals surface area (Å²) < 4.78 is 43.1. The topological polar surface area (TPSA) is 132 Å². The normalized spacial score (nSPS) is 17.1. The number of halogens is 3. The van der Waals surface area contributed by atoms with Crippen LogP contribution in [0.3, 0.4) is 0 Å². The third-order valence-corrected chi connectivity index (χ3v) is 8.53. The molecule has 0 aliphatic carbocycles. The van der Waals surface area contributed by atoms with Gasteiger partial charge in [-0.05, 0) is 38.5 Å². The first-order valence-corrected chi connectivity index (χ1v) is 15.0. The lowest BCUT2D eigenvalue weighted by Gasteiger charge is -2.42. The van der Waals surface area contributed by atoms with Crippen LogP contribution in [0.4, 0.5) is 24.9 Å². The summed E-state index contributed by atoms with van der Waals surface area (Å²) in [5.74, 6) is -0.185. The van der Waals surface area contributed by atoms with E-state index in [-0.39, 0.29) is 66.2 Å². The zero-order chi connectivity index (χ0) is 33.3. The van der Waals surface area contributed by atoms with Gasteiger partial charge in [0.2, 0.25) is 17.8 Å². The molecule has 2 amide bonds. The van der Waals surface area contributed by atoms with Crippen LogP contribution in [0.25, 0.3) is 16.6 Å². The van der Waals surface area contributed by atoms with E-state index in [0.717, 1.165) is 0 Å². The molecule has 12 nitrogen and oxygen atoms in total. The second-order valence-electron chi connectivity index (χ2n) is 11.2. The van der Waals surface area contributed by atoms with Gasteiger partial charge in [-0.3, -0.25) is 14.4 Å². The molecule has 0 N–H and O–H groups in total. The molecule has 3 aromatic rings. The molecule has 1 aromatic carbocycles. The molecule has 46 heavy (non-hydrogen) atoms. The van der Waals surface area contributed by atoms with Crippen molar-refractivity contribution in [3.8, 4) is 11.8 Å². The molecule has 242 valence electrons. The molecule has 0 bridgehead atoms. The Balaban J connectivity index is 1.62. The maximum absolute atomic E-state index is 14.1. The fourth-order valence-electron chi connectivity index (χ4n) is 6.07. The number of nitrogens with zero attached hydrogens (tertiary/aromatic N) is 9. The Morgan fingerprint density at radius 1 is 1.13 bits per heavy atom. The summed E-state index contributed by atoms with van der Waals surface area (Å²) in [5, 5.41) is 13.8. The monoisotopic (exact) mass is 637 g/mol. The number of benzene rings is 1. The minimum Gasteiger partial charge on any atom is -0.352 e. The number of rotatable bonds is 8. The van der Waals surface area contributed by atoms with E-state index in [1.807, 2.05) is 18.7 Å². The highest BCUT2D eigenvalue weighted by Crippen LogP contribution is 2.36. The third kappa shape index (κ3) is 5.86. The zero-order valence-corrected chi connectivity index (χ0v) is 25.8. The Bertz CT molecular complexity index is 1780. The van der Waals surface area contributed by atoms with Gasteiger partial charge in [0.15, 0.2) is 0 Å².